The van der Waals surface area contributed by atoms with E-state index in [0.29, 0.717) is 5.69 Å². The van der Waals surface area contributed by atoms with Crippen molar-refractivity contribution in [1.29, 1.82) is 0 Å². The van der Waals surface area contributed by atoms with E-state index in [0.717, 1.165) is 18.8 Å². The fraction of sp³-hybridized carbons (Fsp3) is 0.211. The number of aromatic nitrogens is 2. The molecule has 4 rings (SSSR count). The number of halogens is 1. The molecule has 1 aliphatic heterocycles. The molecule has 1 amide bonds. The van der Waals surface area contributed by atoms with Crippen LogP contribution in [-0.4, -0.2) is 29.2 Å². The topological polar surface area (TPSA) is 71.3 Å². The van der Waals surface area contributed by atoms with Crippen molar-refractivity contribution in [3.8, 4) is 11.5 Å². The van der Waals surface area contributed by atoms with E-state index in [2.05, 4.69) is 20.4 Å². The van der Waals surface area contributed by atoms with Crippen LogP contribution in [-0.2, 0) is 0 Å². The van der Waals surface area contributed by atoms with Gasteiger partial charge in [0.05, 0.1) is 5.56 Å². The summed E-state index contributed by atoms with van der Waals surface area (Å²) >= 11 is 0. The van der Waals surface area contributed by atoms with Crippen LogP contribution in [0.3, 0.4) is 0 Å². The van der Waals surface area contributed by atoms with Crippen molar-refractivity contribution in [2.75, 3.05) is 23.3 Å². The summed E-state index contributed by atoms with van der Waals surface area (Å²) in [7, 11) is 0. The van der Waals surface area contributed by atoms with Gasteiger partial charge in [-0.05, 0) is 49.2 Å². The molecule has 1 saturated heterocycles. The molecule has 0 atom stereocenters. The molecule has 26 heavy (non-hydrogen) atoms. The third kappa shape index (κ3) is 3.28. The molecule has 2 heterocycles. The molecule has 1 aromatic heterocycles. The number of rotatable bonds is 4. The predicted octanol–water partition coefficient (Wildman–Crippen LogP) is 3.73. The highest BCUT2D eigenvalue weighted by Gasteiger charge is 2.18. The Kier molecular flexibility index (Phi) is 4.35. The number of nitrogens with zero attached hydrogens (tertiary/aromatic N) is 3. The average Bonchev–Trinajstić information content (AvgIpc) is 3.35. The Morgan fingerprint density at radius 1 is 1.04 bits per heavy atom. The highest BCUT2D eigenvalue weighted by molar-refractivity contribution is 6.01. The van der Waals surface area contributed by atoms with E-state index in [1.54, 1.807) is 12.1 Å². The number of hydrogen-bond acceptors (Lipinski definition) is 5. The lowest BCUT2D eigenvalue weighted by molar-refractivity contribution is 0.0991. The fourth-order valence-electron chi connectivity index (χ4n) is 2.97. The summed E-state index contributed by atoms with van der Waals surface area (Å²) in [5.41, 5.74) is 1.93. The predicted molar refractivity (Wildman–Crippen MR) is 95.5 cm³/mol. The number of anilines is 2. The number of benzene rings is 2. The molecule has 2 aromatic carbocycles. The van der Waals surface area contributed by atoms with Gasteiger partial charge in [-0.3, -0.25) is 4.79 Å². The summed E-state index contributed by atoms with van der Waals surface area (Å²) in [6.07, 6.45) is 2.42. The normalized spacial score (nSPS) is 13.8. The van der Waals surface area contributed by atoms with E-state index in [1.165, 1.54) is 25.0 Å². The van der Waals surface area contributed by atoms with Crippen LogP contribution in [0.2, 0.25) is 0 Å². The zero-order chi connectivity index (χ0) is 17.9. The van der Waals surface area contributed by atoms with E-state index in [9.17, 15) is 9.18 Å². The van der Waals surface area contributed by atoms with Crippen LogP contribution in [0.5, 0.6) is 0 Å². The number of hydrogen-bond donors (Lipinski definition) is 1. The van der Waals surface area contributed by atoms with Crippen LogP contribution in [0, 0.1) is 5.82 Å². The van der Waals surface area contributed by atoms with Gasteiger partial charge in [0.2, 0.25) is 0 Å². The Morgan fingerprint density at radius 2 is 1.77 bits per heavy atom. The smallest absolute Gasteiger partial charge is 0.313 e. The molecular formula is C19H17FN4O2. The van der Waals surface area contributed by atoms with Crippen molar-refractivity contribution in [2.24, 2.45) is 0 Å². The second-order valence-corrected chi connectivity index (χ2v) is 6.09. The molecule has 7 heteroatoms. The van der Waals surface area contributed by atoms with Crippen molar-refractivity contribution in [2.45, 2.75) is 12.8 Å². The molecule has 0 saturated carbocycles. The van der Waals surface area contributed by atoms with Gasteiger partial charge < -0.3 is 14.6 Å². The lowest BCUT2D eigenvalue weighted by Crippen LogP contribution is -2.17. The van der Waals surface area contributed by atoms with Gasteiger partial charge in [0.15, 0.2) is 0 Å². The number of carbonyl (C=O) groups is 1. The van der Waals surface area contributed by atoms with Crippen molar-refractivity contribution < 1.29 is 13.6 Å². The van der Waals surface area contributed by atoms with Crippen molar-refractivity contribution >= 4 is 17.3 Å². The van der Waals surface area contributed by atoms with E-state index in [1.807, 2.05) is 24.3 Å². The lowest BCUT2D eigenvalue weighted by atomic mass is 10.2. The quantitative estimate of drug-likeness (QED) is 0.775. The van der Waals surface area contributed by atoms with Gasteiger partial charge in [-0.25, -0.2) is 4.39 Å². The van der Waals surface area contributed by atoms with Crippen molar-refractivity contribution in [3.63, 3.8) is 0 Å². The summed E-state index contributed by atoms with van der Waals surface area (Å²) in [4.78, 5) is 14.6. The van der Waals surface area contributed by atoms with E-state index in [4.69, 9.17) is 4.42 Å². The number of nitrogens with one attached hydrogen (secondary N) is 1. The monoisotopic (exact) mass is 352 g/mol. The van der Waals surface area contributed by atoms with Crippen molar-refractivity contribution in [3.05, 3.63) is 60.2 Å². The summed E-state index contributed by atoms with van der Waals surface area (Å²) in [5, 5.41) is 10.2. The molecule has 132 valence electrons. The van der Waals surface area contributed by atoms with E-state index in [-0.39, 0.29) is 17.3 Å². The maximum Gasteiger partial charge on any atom is 0.313 e. The molecule has 0 spiro atoms. The first-order valence-corrected chi connectivity index (χ1v) is 8.45. The van der Waals surface area contributed by atoms with Gasteiger partial charge >= 0.3 is 11.8 Å². The SMILES string of the molecule is O=C(Nc1ccc(N2CCCC2)cc1)c1nnc(-c2ccccc2F)o1. The molecule has 6 nitrogen and oxygen atoms in total. The zero-order valence-electron chi connectivity index (χ0n) is 14.0. The Labute approximate surface area is 149 Å². The summed E-state index contributed by atoms with van der Waals surface area (Å²) in [6.45, 7) is 2.12. The van der Waals surface area contributed by atoms with Crippen LogP contribution >= 0.6 is 0 Å². The average molecular weight is 352 g/mol. The second-order valence-electron chi connectivity index (χ2n) is 6.09. The Bertz CT molecular complexity index is 917. The number of amides is 1. The summed E-state index contributed by atoms with van der Waals surface area (Å²) in [5.74, 6) is -1.26. The van der Waals surface area contributed by atoms with Gasteiger partial charge in [-0.2, -0.15) is 0 Å². The molecule has 3 aromatic rings. The minimum atomic E-state index is -0.533. The van der Waals surface area contributed by atoms with Gasteiger partial charge in [-0.15, -0.1) is 10.2 Å². The lowest BCUT2D eigenvalue weighted by Gasteiger charge is -2.17. The summed E-state index contributed by atoms with van der Waals surface area (Å²) < 4.78 is 19.1. The number of carbonyl (C=O) groups excluding carboxylic acids is 1. The van der Waals surface area contributed by atoms with Crippen LogP contribution in [0.15, 0.2) is 52.9 Å². The van der Waals surface area contributed by atoms with Crippen LogP contribution in [0.1, 0.15) is 23.5 Å². The second kappa shape index (κ2) is 6.95. The third-order valence-electron chi connectivity index (χ3n) is 4.32. The molecule has 1 fully saturated rings. The van der Waals surface area contributed by atoms with Gasteiger partial charge in [0.1, 0.15) is 5.82 Å². The first kappa shape index (κ1) is 16.3. The van der Waals surface area contributed by atoms with Crippen LogP contribution in [0.4, 0.5) is 15.8 Å². The first-order valence-electron chi connectivity index (χ1n) is 8.45. The maximum absolute atomic E-state index is 13.8. The van der Waals surface area contributed by atoms with Gasteiger partial charge in [0.25, 0.3) is 5.89 Å². The molecule has 0 radical (unpaired) electrons. The Morgan fingerprint density at radius 3 is 2.50 bits per heavy atom. The standard InChI is InChI=1S/C19H17FN4O2/c20-16-6-2-1-5-15(16)18-22-23-19(26-18)17(25)21-13-7-9-14(10-8-13)24-11-3-4-12-24/h1-2,5-10H,3-4,11-12H2,(H,21,25). The van der Waals surface area contributed by atoms with Gasteiger partial charge in [0, 0.05) is 24.5 Å². The third-order valence-corrected chi connectivity index (χ3v) is 4.32. The molecule has 0 bridgehead atoms. The maximum atomic E-state index is 13.8. The van der Waals surface area contributed by atoms with Gasteiger partial charge in [-0.1, -0.05) is 12.1 Å². The highest BCUT2D eigenvalue weighted by atomic mass is 19.1. The first-order chi connectivity index (χ1) is 12.7. The molecule has 0 aliphatic carbocycles. The molecule has 0 unspecified atom stereocenters. The molecule has 1 N–H and O–H groups in total. The Balaban J connectivity index is 1.46. The highest BCUT2D eigenvalue weighted by Crippen LogP contribution is 2.23. The largest absolute Gasteiger partial charge is 0.412 e. The summed E-state index contributed by atoms with van der Waals surface area (Å²) in [6, 6.07) is 13.6. The molecule has 1 aliphatic rings. The van der Waals surface area contributed by atoms with E-state index < -0.39 is 11.7 Å². The van der Waals surface area contributed by atoms with Crippen molar-refractivity contribution in [1.82, 2.24) is 10.2 Å². The fourth-order valence-corrected chi connectivity index (χ4v) is 2.97. The zero-order valence-corrected chi connectivity index (χ0v) is 14.0. The van der Waals surface area contributed by atoms with Crippen LogP contribution in [0.25, 0.3) is 11.5 Å². The minimum Gasteiger partial charge on any atom is -0.412 e. The molecular weight excluding hydrogens is 335 g/mol. The minimum absolute atomic E-state index is 0.0300. The van der Waals surface area contributed by atoms with E-state index >= 15 is 0 Å². The van der Waals surface area contributed by atoms with Crippen LogP contribution < -0.4 is 10.2 Å². The Hall–Kier alpha value is -3.22.